The van der Waals surface area contributed by atoms with Crippen LogP contribution in [0, 0.1) is 13.8 Å². The molecule has 0 radical (unpaired) electrons. The van der Waals surface area contributed by atoms with Gasteiger partial charge in [-0.05, 0) is 57.0 Å². The predicted octanol–water partition coefficient (Wildman–Crippen LogP) is 1.53. The number of hydrogen-bond donors (Lipinski definition) is 3. The van der Waals surface area contributed by atoms with Gasteiger partial charge in [-0.1, -0.05) is 0 Å². The molecular formula is C22H26N6O4. The number of aromatic nitrogens is 3. The Balaban J connectivity index is 1.54. The monoisotopic (exact) mass is 438 g/mol. The van der Waals surface area contributed by atoms with Gasteiger partial charge in [-0.2, -0.15) is 5.10 Å². The number of amides is 3. The number of nitrogens with zero attached hydrogens (tertiary/aromatic N) is 3. The quantitative estimate of drug-likeness (QED) is 0.463. The summed E-state index contributed by atoms with van der Waals surface area (Å²) in [6.07, 6.45) is 1.98. The number of benzene rings is 1. The molecular weight excluding hydrogens is 412 g/mol. The van der Waals surface area contributed by atoms with Gasteiger partial charge in [0.2, 0.25) is 11.8 Å². The van der Waals surface area contributed by atoms with E-state index in [1.54, 1.807) is 28.8 Å². The largest absolute Gasteiger partial charge is 0.494 e. The molecule has 2 heterocycles. The van der Waals surface area contributed by atoms with Crippen molar-refractivity contribution in [1.82, 2.24) is 19.9 Å². The first kappa shape index (κ1) is 22.7. The van der Waals surface area contributed by atoms with Gasteiger partial charge < -0.3 is 21.1 Å². The second-order valence-corrected chi connectivity index (χ2v) is 7.20. The highest BCUT2D eigenvalue weighted by atomic mass is 16.5. The normalized spacial score (nSPS) is 10.7. The lowest BCUT2D eigenvalue weighted by molar-refractivity contribution is -0.124. The van der Waals surface area contributed by atoms with Crippen LogP contribution in [0.2, 0.25) is 0 Å². The highest BCUT2D eigenvalue weighted by molar-refractivity contribution is 5.98. The Morgan fingerprint density at radius 1 is 1.12 bits per heavy atom. The average molecular weight is 438 g/mol. The average Bonchev–Trinajstić information content (AvgIpc) is 3.18. The van der Waals surface area contributed by atoms with E-state index in [0.29, 0.717) is 30.1 Å². The Labute approximate surface area is 185 Å². The van der Waals surface area contributed by atoms with Gasteiger partial charge in [-0.25, -0.2) is 9.50 Å². The molecule has 3 rings (SSSR count). The van der Waals surface area contributed by atoms with Gasteiger partial charge in [-0.15, -0.1) is 0 Å². The summed E-state index contributed by atoms with van der Waals surface area (Å²) in [4.78, 5) is 40.3. The summed E-state index contributed by atoms with van der Waals surface area (Å²) in [5, 5.41) is 9.52. The molecule has 10 nitrogen and oxygen atoms in total. The van der Waals surface area contributed by atoms with Gasteiger partial charge in [0.25, 0.3) is 5.91 Å². The maximum Gasteiger partial charge on any atom is 0.254 e. The maximum atomic E-state index is 12.3. The van der Waals surface area contributed by atoms with Crippen LogP contribution in [0.3, 0.4) is 0 Å². The fraction of sp³-hybridized carbons (Fsp3) is 0.318. The first-order valence-corrected chi connectivity index (χ1v) is 10.2. The standard InChI is InChI=1S/C22H26N6O4/c1-4-32-16-7-5-15(6-8-16)27-20(30)12-24-19(29)10-9-17-13(2)26-22-18(21(23)31)11-25-28(22)14(17)3/h5-8,11H,4,9-10,12H2,1-3H3,(H2,23,31)(H,24,29)(H,27,30). The molecule has 3 aromatic rings. The summed E-state index contributed by atoms with van der Waals surface area (Å²) in [6, 6.07) is 7.00. The third-order valence-corrected chi connectivity index (χ3v) is 4.97. The van der Waals surface area contributed by atoms with E-state index in [4.69, 9.17) is 10.5 Å². The third kappa shape index (κ3) is 5.20. The van der Waals surface area contributed by atoms with Crippen molar-refractivity contribution in [2.75, 3.05) is 18.5 Å². The van der Waals surface area contributed by atoms with Crippen molar-refractivity contribution in [2.24, 2.45) is 5.73 Å². The van der Waals surface area contributed by atoms with Crippen LogP contribution in [0.1, 0.15) is 40.7 Å². The lowest BCUT2D eigenvalue weighted by Crippen LogP contribution is -2.33. The molecule has 0 fully saturated rings. The summed E-state index contributed by atoms with van der Waals surface area (Å²) < 4.78 is 6.91. The zero-order valence-electron chi connectivity index (χ0n) is 18.3. The van der Waals surface area contributed by atoms with Crippen molar-refractivity contribution >= 4 is 29.1 Å². The molecule has 0 spiro atoms. The minimum atomic E-state index is -0.595. The van der Waals surface area contributed by atoms with Crippen molar-refractivity contribution in [2.45, 2.75) is 33.6 Å². The summed E-state index contributed by atoms with van der Waals surface area (Å²) in [5.74, 6) is -0.461. The second-order valence-electron chi connectivity index (χ2n) is 7.20. The minimum absolute atomic E-state index is 0.136. The van der Waals surface area contributed by atoms with Gasteiger partial charge in [0.1, 0.15) is 11.3 Å². The first-order valence-electron chi connectivity index (χ1n) is 10.2. The van der Waals surface area contributed by atoms with Crippen LogP contribution >= 0.6 is 0 Å². The molecule has 0 aliphatic carbocycles. The van der Waals surface area contributed by atoms with Crippen LogP contribution in [0.15, 0.2) is 30.5 Å². The molecule has 168 valence electrons. The third-order valence-electron chi connectivity index (χ3n) is 4.97. The highest BCUT2D eigenvalue weighted by Gasteiger charge is 2.17. The smallest absolute Gasteiger partial charge is 0.254 e. The number of hydrogen-bond acceptors (Lipinski definition) is 6. The highest BCUT2D eigenvalue weighted by Crippen LogP contribution is 2.18. The van der Waals surface area contributed by atoms with E-state index < -0.39 is 5.91 Å². The Morgan fingerprint density at radius 2 is 1.84 bits per heavy atom. The van der Waals surface area contributed by atoms with Gasteiger partial charge in [0, 0.05) is 23.5 Å². The summed E-state index contributed by atoms with van der Waals surface area (Å²) in [6.45, 7) is 5.98. The topological polar surface area (TPSA) is 141 Å². The number of aryl methyl sites for hydroxylation is 2. The molecule has 32 heavy (non-hydrogen) atoms. The molecule has 0 unspecified atom stereocenters. The van der Waals surface area contributed by atoms with Crippen LogP contribution in [-0.4, -0.2) is 45.5 Å². The molecule has 10 heteroatoms. The lowest BCUT2D eigenvalue weighted by Gasteiger charge is -2.12. The summed E-state index contributed by atoms with van der Waals surface area (Å²) in [5.41, 5.74) is 8.95. The number of fused-ring (bicyclic) bond motifs is 1. The Bertz CT molecular complexity index is 1150. The molecule has 0 aliphatic rings. The number of nitrogens with one attached hydrogen (secondary N) is 2. The van der Waals surface area contributed by atoms with Crippen molar-refractivity contribution in [3.05, 3.63) is 53.0 Å². The van der Waals surface area contributed by atoms with E-state index in [-0.39, 0.29) is 30.3 Å². The number of carbonyl (C=O) groups excluding carboxylic acids is 3. The van der Waals surface area contributed by atoms with Crippen molar-refractivity contribution < 1.29 is 19.1 Å². The van der Waals surface area contributed by atoms with E-state index in [0.717, 1.165) is 17.0 Å². The minimum Gasteiger partial charge on any atom is -0.494 e. The van der Waals surface area contributed by atoms with E-state index in [2.05, 4.69) is 20.7 Å². The molecule has 1 aromatic carbocycles. The lowest BCUT2D eigenvalue weighted by atomic mass is 10.1. The van der Waals surface area contributed by atoms with Gasteiger partial charge in [-0.3, -0.25) is 14.4 Å². The number of nitrogens with two attached hydrogens (primary N) is 1. The predicted molar refractivity (Wildman–Crippen MR) is 119 cm³/mol. The molecule has 3 amide bonds. The number of primary amides is 1. The Morgan fingerprint density at radius 3 is 2.50 bits per heavy atom. The molecule has 0 aliphatic heterocycles. The SMILES string of the molecule is CCOc1ccc(NC(=O)CNC(=O)CCc2c(C)nc3c(C(N)=O)cnn3c2C)cc1. The molecule has 2 aromatic heterocycles. The molecule has 0 saturated heterocycles. The van der Waals surface area contributed by atoms with Gasteiger partial charge >= 0.3 is 0 Å². The number of rotatable bonds is 9. The van der Waals surface area contributed by atoms with E-state index in [9.17, 15) is 14.4 Å². The van der Waals surface area contributed by atoms with Crippen LogP contribution in [0.25, 0.3) is 5.65 Å². The zero-order chi connectivity index (χ0) is 23.3. The van der Waals surface area contributed by atoms with Crippen molar-refractivity contribution in [1.29, 1.82) is 0 Å². The molecule has 0 saturated carbocycles. The molecule has 0 atom stereocenters. The fourth-order valence-corrected chi connectivity index (χ4v) is 3.36. The zero-order valence-corrected chi connectivity index (χ0v) is 18.3. The van der Waals surface area contributed by atoms with E-state index in [1.165, 1.54) is 6.20 Å². The van der Waals surface area contributed by atoms with Crippen LogP contribution in [0.5, 0.6) is 5.75 Å². The maximum absolute atomic E-state index is 12.3. The van der Waals surface area contributed by atoms with Crippen LogP contribution in [-0.2, 0) is 16.0 Å². The van der Waals surface area contributed by atoms with Gasteiger partial charge in [0.15, 0.2) is 5.65 Å². The number of carbonyl (C=O) groups is 3. The van der Waals surface area contributed by atoms with Crippen molar-refractivity contribution in [3.8, 4) is 5.75 Å². The second kappa shape index (κ2) is 9.90. The fourth-order valence-electron chi connectivity index (χ4n) is 3.36. The molecule has 4 N–H and O–H groups in total. The Hall–Kier alpha value is -3.95. The molecule has 0 bridgehead atoms. The summed E-state index contributed by atoms with van der Waals surface area (Å²) in [7, 11) is 0. The number of anilines is 1. The van der Waals surface area contributed by atoms with Crippen LogP contribution in [0.4, 0.5) is 5.69 Å². The Kier molecular flexibility index (Phi) is 7.04. The number of ether oxygens (including phenoxy) is 1. The van der Waals surface area contributed by atoms with Gasteiger partial charge in [0.05, 0.1) is 19.3 Å². The first-order chi connectivity index (χ1) is 15.3. The van der Waals surface area contributed by atoms with E-state index >= 15 is 0 Å². The van der Waals surface area contributed by atoms with Crippen molar-refractivity contribution in [3.63, 3.8) is 0 Å². The van der Waals surface area contributed by atoms with Crippen LogP contribution < -0.4 is 21.1 Å². The summed E-state index contributed by atoms with van der Waals surface area (Å²) >= 11 is 0. The van der Waals surface area contributed by atoms with E-state index in [1.807, 2.05) is 20.8 Å².